The molecule has 0 N–H and O–H groups in total. The maximum atomic E-state index is 2.65. The average Bonchev–Trinajstić information content (AvgIpc) is 0.948. The Morgan fingerprint density at radius 1 is 0.326 bits per heavy atom. The number of rotatable bonds is 10. The monoisotopic (exact) mass is 1110 g/mol. The fraction of sp³-hybridized carbons (Fsp3) is 0.125. The molecule has 0 spiro atoms. The molecule has 3 aromatic heterocycles. The number of nitrogens with zero attached hydrogens (tertiary/aromatic N) is 6. The number of anilines is 6. The molecule has 0 saturated heterocycles. The SMILES string of the molecule is CC(C)(C)c1cc(N(C2=CN(c3ccccc3)C3C=CC=CC23)c2cn(-c3ccccc3)c3ccccc23)c2ccc3c(C(C)(C)C)cc(N(c4cn(-c5ccccc5)c5ccccc45)c4cn(-c5ccccc5)c5ccccc45)c4ccc1c2c43. The van der Waals surface area contributed by atoms with Crippen molar-refractivity contribution in [3.8, 4) is 17.1 Å². The minimum atomic E-state index is -0.259. The first kappa shape index (κ1) is 51.3. The van der Waals surface area contributed by atoms with Crippen LogP contribution in [0.4, 0.5) is 34.1 Å². The van der Waals surface area contributed by atoms with Crippen LogP contribution < -0.4 is 14.7 Å². The van der Waals surface area contributed by atoms with Gasteiger partial charge in [-0.3, -0.25) is 0 Å². The zero-order valence-electron chi connectivity index (χ0n) is 49.4. The summed E-state index contributed by atoms with van der Waals surface area (Å²) in [4.78, 5) is 7.75. The quantitative estimate of drug-likeness (QED) is 0.128. The van der Waals surface area contributed by atoms with Crippen molar-refractivity contribution >= 4 is 99.2 Å². The van der Waals surface area contributed by atoms with E-state index in [0.717, 1.165) is 72.8 Å². The van der Waals surface area contributed by atoms with Crippen LogP contribution in [0, 0.1) is 5.92 Å². The number of benzene rings is 11. The number of para-hydroxylation sites is 7. The van der Waals surface area contributed by atoms with Gasteiger partial charge < -0.3 is 28.4 Å². The van der Waals surface area contributed by atoms with E-state index in [9.17, 15) is 0 Å². The summed E-state index contributed by atoms with van der Waals surface area (Å²) in [5.41, 5.74) is 16.9. The lowest BCUT2D eigenvalue weighted by atomic mass is 9.77. The van der Waals surface area contributed by atoms with Crippen molar-refractivity contribution in [2.24, 2.45) is 5.92 Å². The third kappa shape index (κ3) is 8.07. The summed E-state index contributed by atoms with van der Waals surface area (Å²) in [6.45, 7) is 14.3. The molecule has 86 heavy (non-hydrogen) atoms. The van der Waals surface area contributed by atoms with Gasteiger partial charge in [-0.2, -0.15) is 0 Å². The Balaban J connectivity index is 1.04. The average molecular weight is 1110 g/mol. The zero-order valence-corrected chi connectivity index (χ0v) is 49.4. The lowest BCUT2D eigenvalue weighted by molar-refractivity contribution is 0.595. The standard InChI is InChI=1S/C80H66N6/c1-79(2,3)65-47-71(85(73-49-81(53-27-11-7-12-28-53)67-39-23-19-35-59(67)73)74-50-82(54-29-13-8-14-30-54)68-40-24-20-36-60(68)74)63-46-44-58-66(80(4,5)6)48-72(64-45-43-57(65)77(63)78(58)64)86(75-51-83(55-31-15-9-16-32-55)69-41-25-21-37-61(69)75)76-52-84(56-33-17-10-18-34-56)70-42-26-22-38-62(70)76/h7-52,59,67H,1-6H3. The highest BCUT2D eigenvalue weighted by Gasteiger charge is 2.40. The van der Waals surface area contributed by atoms with Gasteiger partial charge in [0.1, 0.15) is 0 Å². The van der Waals surface area contributed by atoms with Crippen LogP contribution in [0.1, 0.15) is 52.7 Å². The van der Waals surface area contributed by atoms with Gasteiger partial charge in [0.2, 0.25) is 0 Å². The van der Waals surface area contributed by atoms with E-state index in [1.807, 2.05) is 0 Å². The Morgan fingerprint density at radius 2 is 0.674 bits per heavy atom. The highest BCUT2D eigenvalue weighted by molar-refractivity contribution is 6.30. The summed E-state index contributed by atoms with van der Waals surface area (Å²) in [6.07, 6.45) is 18.9. The lowest BCUT2D eigenvalue weighted by Crippen LogP contribution is -2.32. The predicted molar refractivity (Wildman–Crippen MR) is 364 cm³/mol. The highest BCUT2D eigenvalue weighted by atomic mass is 15.3. The van der Waals surface area contributed by atoms with Crippen LogP contribution in [0.25, 0.3) is 82.1 Å². The zero-order chi connectivity index (χ0) is 58.0. The normalized spacial score (nSPS) is 15.3. The fourth-order valence-corrected chi connectivity index (χ4v) is 14.3. The number of aromatic nitrogens is 3. The van der Waals surface area contributed by atoms with Crippen molar-refractivity contribution in [3.05, 3.63) is 296 Å². The molecule has 0 saturated carbocycles. The topological polar surface area (TPSA) is 24.5 Å². The molecule has 2 atom stereocenters. The molecule has 0 fully saturated rings. The fourth-order valence-electron chi connectivity index (χ4n) is 14.3. The third-order valence-electron chi connectivity index (χ3n) is 18.2. The van der Waals surface area contributed by atoms with Gasteiger partial charge in [-0.25, -0.2) is 0 Å². The number of hydrogen-bond acceptors (Lipinski definition) is 3. The van der Waals surface area contributed by atoms with Crippen LogP contribution in [0.2, 0.25) is 0 Å². The second-order valence-electron chi connectivity index (χ2n) is 25.4. The summed E-state index contributed by atoms with van der Waals surface area (Å²) in [7, 11) is 0. The Hall–Kier alpha value is -10.3. The molecule has 2 unspecified atom stereocenters. The van der Waals surface area contributed by atoms with E-state index in [-0.39, 0.29) is 22.8 Å². The van der Waals surface area contributed by atoms with Gasteiger partial charge in [-0.15, -0.1) is 0 Å². The summed E-state index contributed by atoms with van der Waals surface area (Å²) in [5.74, 6) is 0.0411. The van der Waals surface area contributed by atoms with Gasteiger partial charge in [0.05, 0.1) is 51.0 Å². The van der Waals surface area contributed by atoms with E-state index >= 15 is 0 Å². The smallest absolute Gasteiger partial charge is 0.0722 e. The lowest BCUT2D eigenvalue weighted by Gasteiger charge is -2.35. The van der Waals surface area contributed by atoms with Crippen LogP contribution in [-0.4, -0.2) is 19.7 Å². The van der Waals surface area contributed by atoms with E-state index in [4.69, 9.17) is 0 Å². The largest absolute Gasteiger partial charge is 0.338 e. The number of allylic oxidation sites excluding steroid dienone is 2. The molecule has 0 radical (unpaired) electrons. The van der Waals surface area contributed by atoms with Crippen LogP contribution in [0.15, 0.2) is 285 Å². The molecule has 4 heterocycles. The maximum absolute atomic E-state index is 2.65. The maximum Gasteiger partial charge on any atom is 0.0722 e. The van der Waals surface area contributed by atoms with Gasteiger partial charge in [-0.05, 0) is 122 Å². The molecule has 16 rings (SSSR count). The first-order valence-corrected chi connectivity index (χ1v) is 30.2. The predicted octanol–water partition coefficient (Wildman–Crippen LogP) is 21.1. The number of fused-ring (bicyclic) bond motifs is 4. The Morgan fingerprint density at radius 3 is 1.09 bits per heavy atom. The molecule has 2 aliphatic rings. The Bertz CT molecular complexity index is 4910. The molecule has 0 bridgehead atoms. The van der Waals surface area contributed by atoms with Crippen LogP contribution in [0.3, 0.4) is 0 Å². The van der Waals surface area contributed by atoms with Crippen molar-refractivity contribution in [1.29, 1.82) is 0 Å². The van der Waals surface area contributed by atoms with E-state index in [0.29, 0.717) is 0 Å². The van der Waals surface area contributed by atoms with Crippen molar-refractivity contribution in [2.75, 3.05) is 14.7 Å². The summed E-state index contributed by atoms with van der Waals surface area (Å²) < 4.78 is 7.13. The van der Waals surface area contributed by atoms with E-state index in [1.54, 1.807) is 0 Å². The van der Waals surface area contributed by atoms with Gasteiger partial charge >= 0.3 is 0 Å². The van der Waals surface area contributed by atoms with E-state index < -0.39 is 0 Å². The van der Waals surface area contributed by atoms with E-state index in [1.165, 1.54) is 60.2 Å². The molecule has 1 aliphatic heterocycles. The first-order chi connectivity index (χ1) is 42.0. The molecule has 6 nitrogen and oxygen atoms in total. The van der Waals surface area contributed by atoms with Gasteiger partial charge in [0, 0.05) is 86.1 Å². The first-order valence-electron chi connectivity index (χ1n) is 30.2. The summed E-state index contributed by atoms with van der Waals surface area (Å²) in [5, 5.41) is 11.0. The molecule has 6 heteroatoms. The summed E-state index contributed by atoms with van der Waals surface area (Å²) >= 11 is 0. The van der Waals surface area contributed by atoms with Crippen molar-refractivity contribution in [2.45, 2.75) is 58.4 Å². The minimum absolute atomic E-state index is 0.0411. The second-order valence-corrected chi connectivity index (χ2v) is 25.4. The van der Waals surface area contributed by atoms with Crippen LogP contribution in [0.5, 0.6) is 0 Å². The molecular formula is C80H66N6. The Labute approximate surface area is 502 Å². The molecule has 11 aromatic carbocycles. The van der Waals surface area contributed by atoms with Crippen LogP contribution >= 0.6 is 0 Å². The third-order valence-corrected chi connectivity index (χ3v) is 18.2. The van der Waals surface area contributed by atoms with Crippen molar-refractivity contribution in [3.63, 3.8) is 0 Å². The summed E-state index contributed by atoms with van der Waals surface area (Å²) in [6, 6.07) is 85.1. The second kappa shape index (κ2) is 19.6. The van der Waals surface area contributed by atoms with Crippen molar-refractivity contribution in [1.82, 2.24) is 13.7 Å². The highest BCUT2D eigenvalue weighted by Crippen LogP contribution is 2.55. The number of hydrogen-bond donors (Lipinski definition) is 0. The van der Waals surface area contributed by atoms with Gasteiger partial charge in [0.25, 0.3) is 0 Å². The Kier molecular flexibility index (Phi) is 11.7. The molecule has 14 aromatic rings. The minimum Gasteiger partial charge on any atom is -0.338 e. The van der Waals surface area contributed by atoms with E-state index in [2.05, 4.69) is 350 Å². The van der Waals surface area contributed by atoms with Crippen LogP contribution in [-0.2, 0) is 10.8 Å². The van der Waals surface area contributed by atoms with Gasteiger partial charge in [-0.1, -0.05) is 218 Å². The molecule has 1 aliphatic carbocycles. The molecule has 416 valence electrons. The van der Waals surface area contributed by atoms with Crippen molar-refractivity contribution < 1.29 is 0 Å². The molecular weight excluding hydrogens is 1040 g/mol. The van der Waals surface area contributed by atoms with Gasteiger partial charge in [0.15, 0.2) is 0 Å². The molecule has 0 amide bonds.